The second kappa shape index (κ2) is 20.2. The Bertz CT molecular complexity index is 415. The zero-order valence-corrected chi connectivity index (χ0v) is 20.1. The van der Waals surface area contributed by atoms with E-state index in [-0.39, 0.29) is 6.61 Å². The first kappa shape index (κ1) is 28.6. The predicted octanol–water partition coefficient (Wildman–Crippen LogP) is 5.30. The van der Waals surface area contributed by atoms with Crippen molar-refractivity contribution in [3.63, 3.8) is 0 Å². The standard InChI is InChI=1S/C26H50O5/c1-2-3-4-5-6-7-8-9-10-11-12-13-14-15-16-17-18-19-20-30-24-22-31-26(25(24)29)23(28)21-27/h2-3,23-29H,4-22H2,1H3/b3-2+/t23-,24+,25-,26-/m0/s1. The van der Waals surface area contributed by atoms with E-state index in [0.29, 0.717) is 6.61 Å². The Hall–Kier alpha value is -0.460. The van der Waals surface area contributed by atoms with E-state index < -0.39 is 31.0 Å². The number of hydrogen-bond donors (Lipinski definition) is 3. The Balaban J connectivity index is 1.77. The topological polar surface area (TPSA) is 79.2 Å². The van der Waals surface area contributed by atoms with Gasteiger partial charge in [-0.3, -0.25) is 0 Å². The average molecular weight is 443 g/mol. The van der Waals surface area contributed by atoms with E-state index in [9.17, 15) is 10.2 Å². The Labute approximate surface area is 191 Å². The fraction of sp³-hybridized carbons (Fsp3) is 0.923. The SMILES string of the molecule is C/C=C/CCCCCCCCCCCCCCCCCO[C@@H]1CO[C@@H]([C@@H](O)CO)[C@H]1O. The van der Waals surface area contributed by atoms with Crippen molar-refractivity contribution in [3.05, 3.63) is 12.2 Å². The van der Waals surface area contributed by atoms with Crippen molar-refractivity contribution in [2.75, 3.05) is 19.8 Å². The molecule has 0 aromatic rings. The van der Waals surface area contributed by atoms with Crippen LogP contribution in [0.3, 0.4) is 0 Å². The maximum atomic E-state index is 10.1. The highest BCUT2D eigenvalue weighted by Crippen LogP contribution is 2.21. The number of hydrogen-bond acceptors (Lipinski definition) is 5. The van der Waals surface area contributed by atoms with Crippen LogP contribution in [-0.4, -0.2) is 59.6 Å². The Morgan fingerprint density at radius 2 is 1.32 bits per heavy atom. The molecule has 31 heavy (non-hydrogen) atoms. The fourth-order valence-corrected chi connectivity index (χ4v) is 4.27. The van der Waals surface area contributed by atoms with Crippen molar-refractivity contribution in [3.8, 4) is 0 Å². The molecular weight excluding hydrogens is 392 g/mol. The Morgan fingerprint density at radius 1 is 0.839 bits per heavy atom. The molecule has 4 atom stereocenters. The Morgan fingerprint density at radius 3 is 1.81 bits per heavy atom. The number of allylic oxidation sites excluding steroid dienone is 2. The molecule has 0 unspecified atom stereocenters. The van der Waals surface area contributed by atoms with Gasteiger partial charge in [0.1, 0.15) is 24.4 Å². The molecule has 0 saturated carbocycles. The van der Waals surface area contributed by atoms with Crippen LogP contribution < -0.4 is 0 Å². The minimum absolute atomic E-state index is 0.278. The van der Waals surface area contributed by atoms with Crippen LogP contribution in [0.5, 0.6) is 0 Å². The molecule has 0 aliphatic carbocycles. The van der Waals surface area contributed by atoms with E-state index >= 15 is 0 Å². The lowest BCUT2D eigenvalue weighted by Gasteiger charge is -2.20. The maximum absolute atomic E-state index is 10.1. The zero-order valence-electron chi connectivity index (χ0n) is 20.1. The molecule has 1 aliphatic rings. The van der Waals surface area contributed by atoms with Crippen molar-refractivity contribution in [2.45, 2.75) is 134 Å². The quantitative estimate of drug-likeness (QED) is 0.166. The molecule has 1 fully saturated rings. The van der Waals surface area contributed by atoms with Crippen LogP contribution in [0.1, 0.15) is 110 Å². The fourth-order valence-electron chi connectivity index (χ4n) is 4.27. The molecule has 0 aromatic heterocycles. The molecule has 5 heteroatoms. The summed E-state index contributed by atoms with van der Waals surface area (Å²) >= 11 is 0. The lowest BCUT2D eigenvalue weighted by molar-refractivity contribution is -0.0730. The molecule has 1 rings (SSSR count). The minimum Gasteiger partial charge on any atom is -0.394 e. The highest BCUT2D eigenvalue weighted by atomic mass is 16.6. The monoisotopic (exact) mass is 442 g/mol. The molecule has 0 radical (unpaired) electrons. The molecule has 1 aliphatic heterocycles. The number of ether oxygens (including phenoxy) is 2. The third-order valence-electron chi connectivity index (χ3n) is 6.32. The van der Waals surface area contributed by atoms with Gasteiger partial charge in [0.15, 0.2) is 0 Å². The van der Waals surface area contributed by atoms with Gasteiger partial charge in [0.25, 0.3) is 0 Å². The predicted molar refractivity (Wildman–Crippen MR) is 127 cm³/mol. The first-order valence-corrected chi connectivity index (χ1v) is 13.0. The minimum atomic E-state index is -1.05. The van der Waals surface area contributed by atoms with Crippen molar-refractivity contribution >= 4 is 0 Å². The molecule has 184 valence electrons. The highest BCUT2D eigenvalue weighted by Gasteiger charge is 2.40. The first-order chi connectivity index (χ1) is 15.2. The molecular formula is C26H50O5. The molecule has 3 N–H and O–H groups in total. The van der Waals surface area contributed by atoms with Crippen LogP contribution in [0.25, 0.3) is 0 Å². The summed E-state index contributed by atoms with van der Waals surface area (Å²) in [5, 5.41) is 28.6. The summed E-state index contributed by atoms with van der Waals surface area (Å²) in [5.74, 6) is 0. The highest BCUT2D eigenvalue weighted by molar-refractivity contribution is 4.88. The maximum Gasteiger partial charge on any atom is 0.114 e. The molecule has 1 heterocycles. The van der Waals surface area contributed by atoms with Gasteiger partial charge in [0.05, 0.1) is 13.2 Å². The summed E-state index contributed by atoms with van der Waals surface area (Å²) in [5.41, 5.74) is 0. The van der Waals surface area contributed by atoms with Crippen LogP contribution in [0, 0.1) is 0 Å². The first-order valence-electron chi connectivity index (χ1n) is 13.0. The lowest BCUT2D eigenvalue weighted by atomic mass is 10.0. The van der Waals surface area contributed by atoms with Gasteiger partial charge in [-0.25, -0.2) is 0 Å². The van der Waals surface area contributed by atoms with Crippen molar-refractivity contribution < 1.29 is 24.8 Å². The average Bonchev–Trinajstić information content (AvgIpc) is 3.15. The number of aliphatic hydroxyl groups is 3. The van der Waals surface area contributed by atoms with Crippen LogP contribution in [0.2, 0.25) is 0 Å². The van der Waals surface area contributed by atoms with Gasteiger partial charge in [-0.15, -0.1) is 0 Å². The lowest BCUT2D eigenvalue weighted by Crippen LogP contribution is -2.41. The van der Waals surface area contributed by atoms with E-state index in [1.54, 1.807) is 0 Å². The summed E-state index contributed by atoms with van der Waals surface area (Å²) in [6, 6.07) is 0. The van der Waals surface area contributed by atoms with Gasteiger partial charge in [-0.05, 0) is 26.2 Å². The van der Waals surface area contributed by atoms with Crippen LogP contribution >= 0.6 is 0 Å². The van der Waals surface area contributed by atoms with E-state index in [1.165, 1.54) is 89.9 Å². The van der Waals surface area contributed by atoms with Gasteiger partial charge in [-0.1, -0.05) is 95.6 Å². The van der Waals surface area contributed by atoms with Crippen LogP contribution in [-0.2, 0) is 9.47 Å². The van der Waals surface area contributed by atoms with E-state index in [4.69, 9.17) is 14.6 Å². The van der Waals surface area contributed by atoms with Gasteiger partial charge in [0, 0.05) is 6.61 Å². The van der Waals surface area contributed by atoms with Crippen molar-refractivity contribution in [2.24, 2.45) is 0 Å². The summed E-state index contributed by atoms with van der Waals surface area (Å²) in [7, 11) is 0. The third kappa shape index (κ3) is 14.3. The summed E-state index contributed by atoms with van der Waals surface area (Å²) < 4.78 is 11.0. The van der Waals surface area contributed by atoms with Gasteiger partial charge in [-0.2, -0.15) is 0 Å². The van der Waals surface area contributed by atoms with Crippen molar-refractivity contribution in [1.82, 2.24) is 0 Å². The number of aliphatic hydroxyl groups excluding tert-OH is 3. The van der Waals surface area contributed by atoms with Crippen LogP contribution in [0.15, 0.2) is 12.2 Å². The van der Waals surface area contributed by atoms with Gasteiger partial charge in [0.2, 0.25) is 0 Å². The molecule has 0 aromatic carbocycles. The number of unbranched alkanes of at least 4 members (excludes halogenated alkanes) is 15. The second-order valence-corrected chi connectivity index (χ2v) is 9.11. The zero-order chi connectivity index (χ0) is 22.6. The van der Waals surface area contributed by atoms with Crippen LogP contribution in [0.4, 0.5) is 0 Å². The van der Waals surface area contributed by atoms with E-state index in [2.05, 4.69) is 19.1 Å². The van der Waals surface area contributed by atoms with E-state index in [1.807, 2.05) is 0 Å². The Kier molecular flexibility index (Phi) is 18.6. The largest absolute Gasteiger partial charge is 0.394 e. The smallest absolute Gasteiger partial charge is 0.114 e. The van der Waals surface area contributed by atoms with Gasteiger partial charge >= 0.3 is 0 Å². The molecule has 0 amide bonds. The molecule has 1 saturated heterocycles. The summed E-state index contributed by atoms with van der Waals surface area (Å²) in [6.45, 7) is 2.58. The van der Waals surface area contributed by atoms with Crippen molar-refractivity contribution in [1.29, 1.82) is 0 Å². The van der Waals surface area contributed by atoms with E-state index in [0.717, 1.165) is 12.8 Å². The third-order valence-corrected chi connectivity index (χ3v) is 6.32. The summed E-state index contributed by atoms with van der Waals surface area (Å²) in [4.78, 5) is 0. The summed E-state index contributed by atoms with van der Waals surface area (Å²) in [6.07, 6.45) is 22.6. The molecule has 5 nitrogen and oxygen atoms in total. The number of rotatable bonds is 21. The van der Waals surface area contributed by atoms with Gasteiger partial charge < -0.3 is 24.8 Å². The normalized spacial score (nSPS) is 22.5. The molecule has 0 spiro atoms. The second-order valence-electron chi connectivity index (χ2n) is 9.11. The molecule has 0 bridgehead atoms.